The van der Waals surface area contributed by atoms with Gasteiger partial charge in [-0.05, 0) is 43.0 Å². The number of carboxylic acids is 1. The Bertz CT molecular complexity index is 642. The quantitative estimate of drug-likeness (QED) is 0.842. The van der Waals surface area contributed by atoms with Gasteiger partial charge >= 0.3 is 5.97 Å². The minimum Gasteiger partial charge on any atom is -0.478 e. The highest BCUT2D eigenvalue weighted by Gasteiger charge is 2.32. The van der Waals surface area contributed by atoms with Gasteiger partial charge in [-0.2, -0.15) is 4.31 Å². The molecule has 7 heteroatoms. The van der Waals surface area contributed by atoms with Crippen LogP contribution in [-0.2, 0) is 16.4 Å². The number of rotatable bonds is 5. The summed E-state index contributed by atoms with van der Waals surface area (Å²) in [6, 6.07) is 4.31. The lowest BCUT2D eigenvalue weighted by molar-refractivity contribution is 0.0695. The van der Waals surface area contributed by atoms with Gasteiger partial charge in [-0.3, -0.25) is 0 Å². The van der Waals surface area contributed by atoms with Gasteiger partial charge in [0.2, 0.25) is 10.0 Å². The number of sulfonamides is 1. The fourth-order valence-electron chi connectivity index (χ4n) is 2.58. The van der Waals surface area contributed by atoms with Crippen molar-refractivity contribution < 1.29 is 18.3 Å². The van der Waals surface area contributed by atoms with Crippen molar-refractivity contribution in [1.29, 1.82) is 0 Å². The van der Waals surface area contributed by atoms with Crippen LogP contribution in [0.5, 0.6) is 0 Å². The number of nitrogens with zero attached hydrogens (tertiary/aromatic N) is 1. The molecular formula is C14H20N2O4S. The van der Waals surface area contributed by atoms with Crippen LogP contribution < -0.4 is 5.73 Å². The second-order valence-electron chi connectivity index (χ2n) is 5.23. The van der Waals surface area contributed by atoms with E-state index in [0.717, 1.165) is 6.42 Å². The SMILES string of the molecule is CCc1ccc(S(=O)(=O)N2CCC(CN)C2)cc1C(=O)O. The fraction of sp³-hybridized carbons (Fsp3) is 0.500. The van der Waals surface area contributed by atoms with E-state index in [-0.39, 0.29) is 16.4 Å². The van der Waals surface area contributed by atoms with Gasteiger partial charge in [0.15, 0.2) is 0 Å². The summed E-state index contributed by atoms with van der Waals surface area (Å²) >= 11 is 0. The minimum absolute atomic E-state index is 0.0368. The molecule has 0 amide bonds. The Labute approximate surface area is 124 Å². The molecule has 1 aromatic carbocycles. The summed E-state index contributed by atoms with van der Waals surface area (Å²) in [4.78, 5) is 11.3. The molecule has 6 nitrogen and oxygen atoms in total. The lowest BCUT2D eigenvalue weighted by Crippen LogP contribution is -2.30. The van der Waals surface area contributed by atoms with Gasteiger partial charge in [0, 0.05) is 13.1 Å². The van der Waals surface area contributed by atoms with E-state index >= 15 is 0 Å². The third-order valence-electron chi connectivity index (χ3n) is 3.91. The van der Waals surface area contributed by atoms with Gasteiger partial charge in [0.25, 0.3) is 0 Å². The number of carboxylic acid groups (broad SMARTS) is 1. The molecule has 1 saturated heterocycles. The first kappa shape index (κ1) is 15.9. The number of benzene rings is 1. The molecule has 1 aliphatic heterocycles. The number of aryl methyl sites for hydroxylation is 1. The van der Waals surface area contributed by atoms with Crippen LogP contribution in [0.1, 0.15) is 29.3 Å². The van der Waals surface area contributed by atoms with E-state index < -0.39 is 16.0 Å². The molecule has 0 aliphatic carbocycles. The van der Waals surface area contributed by atoms with Crippen LogP contribution in [0.3, 0.4) is 0 Å². The molecule has 1 heterocycles. The Morgan fingerprint density at radius 2 is 2.19 bits per heavy atom. The van der Waals surface area contributed by atoms with Crippen molar-refractivity contribution in [2.45, 2.75) is 24.7 Å². The molecule has 116 valence electrons. The van der Waals surface area contributed by atoms with Crippen LogP contribution in [0.2, 0.25) is 0 Å². The molecule has 1 atom stereocenters. The maximum Gasteiger partial charge on any atom is 0.336 e. The maximum atomic E-state index is 12.6. The zero-order valence-corrected chi connectivity index (χ0v) is 12.8. The van der Waals surface area contributed by atoms with E-state index in [1.807, 2.05) is 6.92 Å². The Kier molecular flexibility index (Phi) is 4.65. The van der Waals surface area contributed by atoms with Crippen molar-refractivity contribution in [3.63, 3.8) is 0 Å². The summed E-state index contributed by atoms with van der Waals surface area (Å²) in [6.07, 6.45) is 1.29. The lowest BCUT2D eigenvalue weighted by atomic mass is 10.1. The average Bonchev–Trinajstić information content (AvgIpc) is 2.96. The Morgan fingerprint density at radius 1 is 1.48 bits per heavy atom. The van der Waals surface area contributed by atoms with Crippen LogP contribution in [-0.4, -0.2) is 43.4 Å². The van der Waals surface area contributed by atoms with Crippen LogP contribution in [0.25, 0.3) is 0 Å². The monoisotopic (exact) mass is 312 g/mol. The minimum atomic E-state index is -3.65. The number of aromatic carboxylic acids is 1. The predicted octanol–water partition coefficient (Wildman–Crippen LogP) is 0.916. The highest BCUT2D eigenvalue weighted by molar-refractivity contribution is 7.89. The normalized spacial score (nSPS) is 19.8. The van der Waals surface area contributed by atoms with Gasteiger partial charge in [0.05, 0.1) is 10.5 Å². The van der Waals surface area contributed by atoms with E-state index in [1.54, 1.807) is 6.07 Å². The summed E-state index contributed by atoms with van der Waals surface area (Å²) in [5, 5.41) is 9.21. The van der Waals surface area contributed by atoms with Crippen LogP contribution in [0.15, 0.2) is 23.1 Å². The van der Waals surface area contributed by atoms with Gasteiger partial charge in [-0.1, -0.05) is 13.0 Å². The van der Waals surface area contributed by atoms with Crippen LogP contribution in [0.4, 0.5) is 0 Å². The van der Waals surface area contributed by atoms with E-state index in [9.17, 15) is 18.3 Å². The van der Waals surface area contributed by atoms with Gasteiger partial charge < -0.3 is 10.8 Å². The molecule has 0 radical (unpaired) electrons. The van der Waals surface area contributed by atoms with Gasteiger partial charge in [-0.15, -0.1) is 0 Å². The lowest BCUT2D eigenvalue weighted by Gasteiger charge is -2.17. The largest absolute Gasteiger partial charge is 0.478 e. The second kappa shape index (κ2) is 6.13. The van der Waals surface area contributed by atoms with E-state index in [2.05, 4.69) is 0 Å². The Balaban J connectivity index is 2.37. The molecule has 2 rings (SSSR count). The molecule has 1 aromatic rings. The standard InChI is InChI=1S/C14H20N2O4S/c1-2-11-3-4-12(7-13(11)14(17)18)21(19,20)16-6-5-10(8-15)9-16/h3-4,7,10H,2,5-6,8-9,15H2,1H3,(H,17,18). The first-order chi connectivity index (χ1) is 9.90. The van der Waals surface area contributed by atoms with Crippen molar-refractivity contribution in [2.24, 2.45) is 11.7 Å². The summed E-state index contributed by atoms with van der Waals surface area (Å²) in [7, 11) is -3.65. The molecular weight excluding hydrogens is 292 g/mol. The summed E-state index contributed by atoms with van der Waals surface area (Å²) in [5.74, 6) is -0.932. The Morgan fingerprint density at radius 3 is 2.71 bits per heavy atom. The number of hydrogen-bond acceptors (Lipinski definition) is 4. The molecule has 3 N–H and O–H groups in total. The molecule has 1 unspecified atom stereocenters. The second-order valence-corrected chi connectivity index (χ2v) is 7.17. The molecule has 0 aromatic heterocycles. The van der Waals surface area contributed by atoms with Crippen molar-refractivity contribution in [3.05, 3.63) is 29.3 Å². The first-order valence-electron chi connectivity index (χ1n) is 6.96. The summed E-state index contributed by atoms with van der Waals surface area (Å²) in [6.45, 7) is 3.13. The highest BCUT2D eigenvalue weighted by atomic mass is 32.2. The molecule has 1 aliphatic rings. The van der Waals surface area contributed by atoms with Crippen molar-refractivity contribution in [1.82, 2.24) is 4.31 Å². The van der Waals surface area contributed by atoms with E-state index in [1.165, 1.54) is 16.4 Å². The average molecular weight is 312 g/mol. The Hall–Kier alpha value is -1.44. The van der Waals surface area contributed by atoms with Gasteiger partial charge in [-0.25, -0.2) is 13.2 Å². The third kappa shape index (κ3) is 3.09. The van der Waals surface area contributed by atoms with Crippen LogP contribution in [0, 0.1) is 5.92 Å². The van der Waals surface area contributed by atoms with E-state index in [0.29, 0.717) is 31.6 Å². The molecule has 0 spiro atoms. The molecule has 21 heavy (non-hydrogen) atoms. The van der Waals surface area contributed by atoms with Crippen LogP contribution >= 0.6 is 0 Å². The molecule has 0 saturated carbocycles. The van der Waals surface area contributed by atoms with Gasteiger partial charge in [0.1, 0.15) is 0 Å². The maximum absolute atomic E-state index is 12.6. The third-order valence-corrected chi connectivity index (χ3v) is 5.77. The molecule has 0 bridgehead atoms. The van der Waals surface area contributed by atoms with E-state index in [4.69, 9.17) is 5.73 Å². The highest BCUT2D eigenvalue weighted by Crippen LogP contribution is 2.25. The zero-order chi connectivity index (χ0) is 15.6. The zero-order valence-electron chi connectivity index (χ0n) is 11.9. The number of carbonyl (C=O) groups is 1. The summed E-state index contributed by atoms with van der Waals surface area (Å²) in [5.41, 5.74) is 6.26. The first-order valence-corrected chi connectivity index (χ1v) is 8.40. The number of hydrogen-bond donors (Lipinski definition) is 2. The number of nitrogens with two attached hydrogens (primary N) is 1. The fourth-order valence-corrected chi connectivity index (χ4v) is 4.14. The smallest absolute Gasteiger partial charge is 0.336 e. The molecule has 1 fully saturated rings. The van der Waals surface area contributed by atoms with Crippen molar-refractivity contribution in [2.75, 3.05) is 19.6 Å². The topological polar surface area (TPSA) is 101 Å². The predicted molar refractivity (Wildman–Crippen MR) is 78.7 cm³/mol. The van der Waals surface area contributed by atoms with Crippen molar-refractivity contribution >= 4 is 16.0 Å². The van der Waals surface area contributed by atoms with Crippen molar-refractivity contribution in [3.8, 4) is 0 Å². The summed E-state index contributed by atoms with van der Waals surface area (Å²) < 4.78 is 26.5.